The highest BCUT2D eigenvalue weighted by molar-refractivity contribution is 7.86. The van der Waals surface area contributed by atoms with Gasteiger partial charge < -0.3 is 18.9 Å². The zero-order valence-electron chi connectivity index (χ0n) is 31.0. The summed E-state index contributed by atoms with van der Waals surface area (Å²) in [7, 11) is -4.60. The molecule has 6 aromatic rings. The first-order valence-corrected chi connectivity index (χ1v) is 21.7. The molecule has 0 bridgehead atoms. The number of thiazole rings is 2. The van der Waals surface area contributed by atoms with Crippen molar-refractivity contribution in [2.75, 3.05) is 36.0 Å². The van der Waals surface area contributed by atoms with E-state index in [0.29, 0.717) is 0 Å². The molecule has 56 heavy (non-hydrogen) atoms. The smallest absolute Gasteiger partial charge is 0.408 e. The highest BCUT2D eigenvalue weighted by atomic mass is 32.2. The molecule has 18 heteroatoms. The standard InChI is InChI=1S/C24H26N8S2.2C7H8O3S/c1-29-15-17-33-23(29)27-25-19-3-7-21(8-4-19)31-11-13-32(14-12-31)22-9-5-20(6-10-22)26-28-24-30(2)16-18-34-24;2*1-6-2-4-7(5-3-6)11(8,9)10/h3-10,15-18H,11-14H2,1-2H3;2*2-5H,1H3,(H,8,9,10)/q+2;;/p-2. The van der Waals surface area contributed by atoms with Crippen LogP contribution in [0, 0.1) is 13.8 Å². The fraction of sp³-hybridized carbons (Fsp3) is 0.211. The van der Waals surface area contributed by atoms with E-state index in [1.165, 1.54) is 35.6 Å². The lowest BCUT2D eigenvalue weighted by Crippen LogP contribution is -2.46. The van der Waals surface area contributed by atoms with Gasteiger partial charge >= 0.3 is 10.3 Å². The summed E-state index contributed by atoms with van der Waals surface area (Å²) in [5.74, 6) is 0. The lowest BCUT2D eigenvalue weighted by molar-refractivity contribution is -0.654. The topological polar surface area (TPSA) is 178 Å². The van der Waals surface area contributed by atoms with Gasteiger partial charge in [-0.25, -0.2) is 26.0 Å². The molecule has 292 valence electrons. The van der Waals surface area contributed by atoms with Crippen molar-refractivity contribution in [2.45, 2.75) is 23.6 Å². The summed E-state index contributed by atoms with van der Waals surface area (Å²) >= 11 is 3.15. The van der Waals surface area contributed by atoms with Crippen LogP contribution in [-0.4, -0.2) is 52.1 Å². The molecule has 1 aliphatic rings. The second-order valence-electron chi connectivity index (χ2n) is 12.5. The first-order valence-electron chi connectivity index (χ1n) is 17.1. The Morgan fingerprint density at radius 2 is 0.839 bits per heavy atom. The molecule has 0 amide bonds. The van der Waals surface area contributed by atoms with Gasteiger partial charge in [0.05, 0.1) is 34.1 Å². The monoisotopic (exact) mass is 832 g/mol. The molecule has 1 saturated heterocycles. The molecule has 0 atom stereocenters. The minimum Gasteiger partial charge on any atom is -0.744 e. The van der Waals surface area contributed by atoms with Crippen molar-refractivity contribution in [3.8, 4) is 0 Å². The van der Waals surface area contributed by atoms with Crippen LogP contribution in [0.3, 0.4) is 0 Å². The molecule has 0 unspecified atom stereocenters. The number of hydrogen-bond acceptors (Lipinski definition) is 14. The van der Waals surface area contributed by atoms with Crippen LogP contribution in [-0.2, 0) is 34.3 Å². The van der Waals surface area contributed by atoms with Crippen LogP contribution >= 0.6 is 22.7 Å². The summed E-state index contributed by atoms with van der Waals surface area (Å²) in [6.45, 7) is 7.54. The Hall–Kier alpha value is -5.24. The molecular weight excluding hydrogens is 793 g/mol. The predicted molar refractivity (Wildman–Crippen MR) is 215 cm³/mol. The van der Waals surface area contributed by atoms with Crippen molar-refractivity contribution in [2.24, 2.45) is 34.6 Å². The fourth-order valence-corrected chi connectivity index (χ4v) is 7.44. The molecule has 0 aliphatic carbocycles. The van der Waals surface area contributed by atoms with Gasteiger partial charge in [-0.2, -0.15) is 0 Å². The molecule has 1 aliphatic heterocycles. The van der Waals surface area contributed by atoms with Crippen LogP contribution in [0.1, 0.15) is 11.1 Å². The maximum absolute atomic E-state index is 10.4. The van der Waals surface area contributed by atoms with Gasteiger partial charge in [0.2, 0.25) is 0 Å². The second-order valence-corrected chi connectivity index (χ2v) is 17.0. The van der Waals surface area contributed by atoms with E-state index in [0.717, 1.165) is 58.9 Å². The molecule has 7 rings (SSSR count). The van der Waals surface area contributed by atoms with E-state index in [1.54, 1.807) is 46.9 Å². The van der Waals surface area contributed by atoms with Gasteiger partial charge in [0.25, 0.3) is 0 Å². The Morgan fingerprint density at radius 3 is 1.11 bits per heavy atom. The number of nitrogens with zero attached hydrogens (tertiary/aromatic N) is 8. The van der Waals surface area contributed by atoms with Crippen molar-refractivity contribution in [1.29, 1.82) is 0 Å². The van der Waals surface area contributed by atoms with Gasteiger partial charge in [-0.15, -0.1) is 0 Å². The fourth-order valence-electron chi connectivity index (χ4n) is 5.14. The maximum atomic E-state index is 10.4. The number of aryl methyl sites for hydroxylation is 4. The third-order valence-corrected chi connectivity index (χ3v) is 11.7. The van der Waals surface area contributed by atoms with Crippen LogP contribution in [0.4, 0.5) is 33.0 Å². The quantitative estimate of drug-likeness (QED) is 0.0864. The number of hydrogen-bond donors (Lipinski definition) is 0. The molecule has 0 saturated carbocycles. The summed E-state index contributed by atoms with van der Waals surface area (Å²) in [5, 5.41) is 23.1. The summed E-state index contributed by atoms with van der Waals surface area (Å²) < 4.78 is 66.3. The van der Waals surface area contributed by atoms with Crippen molar-refractivity contribution >= 4 is 75.9 Å². The van der Waals surface area contributed by atoms with Crippen molar-refractivity contribution in [3.63, 3.8) is 0 Å². The third kappa shape index (κ3) is 12.4. The van der Waals surface area contributed by atoms with Crippen LogP contribution in [0.15, 0.2) is 150 Å². The Morgan fingerprint density at radius 1 is 0.518 bits per heavy atom. The molecule has 4 aromatic carbocycles. The minimum absolute atomic E-state index is 0.178. The molecule has 0 radical (unpaired) electrons. The van der Waals surface area contributed by atoms with Crippen molar-refractivity contribution < 1.29 is 35.1 Å². The first-order chi connectivity index (χ1) is 26.7. The number of benzene rings is 4. The van der Waals surface area contributed by atoms with E-state index < -0.39 is 20.2 Å². The zero-order valence-corrected chi connectivity index (χ0v) is 34.3. The summed E-state index contributed by atoms with van der Waals surface area (Å²) in [5.41, 5.74) is 6.02. The molecular formula is C38H40N8O6S4. The minimum atomic E-state index is -4.27. The van der Waals surface area contributed by atoms with Crippen LogP contribution in [0.5, 0.6) is 0 Å². The molecule has 14 nitrogen and oxygen atoms in total. The van der Waals surface area contributed by atoms with E-state index in [2.05, 4.69) is 54.5 Å². The first kappa shape index (κ1) is 41.9. The van der Waals surface area contributed by atoms with Crippen LogP contribution in [0.2, 0.25) is 0 Å². The Bertz CT molecular complexity index is 2290. The van der Waals surface area contributed by atoms with Gasteiger partial charge in [0, 0.05) is 48.3 Å². The van der Waals surface area contributed by atoms with Crippen molar-refractivity contribution in [3.05, 3.63) is 131 Å². The van der Waals surface area contributed by atoms with E-state index >= 15 is 0 Å². The molecule has 3 heterocycles. The number of aromatic nitrogens is 2. The average Bonchev–Trinajstić information content (AvgIpc) is 3.80. The summed E-state index contributed by atoms with van der Waals surface area (Å²) in [4.78, 5) is 4.48. The Balaban J connectivity index is 0.000000222. The number of rotatable bonds is 8. The summed E-state index contributed by atoms with van der Waals surface area (Å²) in [6, 6.07) is 28.2. The van der Waals surface area contributed by atoms with Gasteiger partial charge in [0.15, 0.2) is 0 Å². The Labute approximate surface area is 334 Å². The Kier molecular flexibility index (Phi) is 14.3. The van der Waals surface area contributed by atoms with Crippen LogP contribution < -0.4 is 18.9 Å². The molecule has 2 aromatic heterocycles. The third-order valence-electron chi connectivity index (χ3n) is 8.35. The zero-order chi connectivity index (χ0) is 40.3. The van der Waals surface area contributed by atoms with E-state index in [-0.39, 0.29) is 9.79 Å². The van der Waals surface area contributed by atoms with Gasteiger partial charge in [-0.3, -0.25) is 0 Å². The van der Waals surface area contributed by atoms with Gasteiger partial charge in [-0.05, 0) is 120 Å². The number of anilines is 2. The second kappa shape index (κ2) is 19.1. The molecule has 0 N–H and O–H groups in total. The number of piperazine rings is 1. The van der Waals surface area contributed by atoms with Crippen LogP contribution in [0.25, 0.3) is 0 Å². The predicted octanol–water partition coefficient (Wildman–Crippen LogP) is 7.41. The van der Waals surface area contributed by atoms with Crippen molar-refractivity contribution in [1.82, 2.24) is 0 Å². The lowest BCUT2D eigenvalue weighted by atomic mass is 10.2. The maximum Gasteiger partial charge on any atom is 0.408 e. The van der Waals surface area contributed by atoms with Gasteiger partial charge in [-0.1, -0.05) is 35.4 Å². The lowest BCUT2D eigenvalue weighted by Gasteiger charge is -2.37. The van der Waals surface area contributed by atoms with Gasteiger partial charge in [0.1, 0.15) is 44.0 Å². The molecule has 1 fully saturated rings. The largest absolute Gasteiger partial charge is 0.744 e. The van der Waals surface area contributed by atoms with E-state index in [9.17, 15) is 25.9 Å². The highest BCUT2D eigenvalue weighted by Crippen LogP contribution is 2.26. The normalized spacial score (nSPS) is 13.3. The SMILES string of the molecule is C[n+]1ccsc1N=Nc1ccc(N2CCN(c3ccc(N=Nc4scc[n+]4C)cc3)CC2)cc1.Cc1ccc(S(=O)(=O)[O-])cc1.Cc1ccc(S(=O)(=O)[O-])cc1. The highest BCUT2D eigenvalue weighted by Gasteiger charge is 2.18. The van der Waals surface area contributed by atoms with E-state index in [1.807, 2.05) is 84.5 Å². The molecule has 0 spiro atoms. The summed E-state index contributed by atoms with van der Waals surface area (Å²) in [6.07, 6.45) is 3.96. The average molecular weight is 833 g/mol. The number of azo groups is 2. The van der Waals surface area contributed by atoms with E-state index in [4.69, 9.17) is 0 Å².